The van der Waals surface area contributed by atoms with E-state index in [1.54, 1.807) is 28.6 Å². The Morgan fingerprint density at radius 1 is 1.12 bits per heavy atom. The third-order valence-corrected chi connectivity index (χ3v) is 6.40. The molecule has 32 heavy (non-hydrogen) atoms. The van der Waals surface area contributed by atoms with Gasteiger partial charge in [-0.05, 0) is 18.2 Å². The summed E-state index contributed by atoms with van der Waals surface area (Å²) in [4.78, 5) is 35.7. The van der Waals surface area contributed by atoms with Crippen LogP contribution >= 0.6 is 11.3 Å². The van der Waals surface area contributed by atoms with E-state index in [0.29, 0.717) is 31.1 Å². The summed E-state index contributed by atoms with van der Waals surface area (Å²) in [6.07, 6.45) is 4.93. The SMILES string of the molecule is CN(Cc1cc2nc(-c3cncnc3)nc(N3CCOCC3)c2s1)C(=O)c1ccccc1. The van der Waals surface area contributed by atoms with Gasteiger partial charge in [0, 0.05) is 43.0 Å². The predicted molar refractivity (Wildman–Crippen MR) is 124 cm³/mol. The van der Waals surface area contributed by atoms with E-state index in [9.17, 15) is 4.79 Å². The second kappa shape index (κ2) is 8.97. The van der Waals surface area contributed by atoms with Crippen molar-refractivity contribution in [3.8, 4) is 11.4 Å². The standard InChI is InChI=1S/C23H22N6O2S/c1-28(23(30)16-5-3-2-4-6-16)14-18-11-19-20(32-18)22(29-7-9-31-10-8-29)27-21(26-19)17-12-24-15-25-13-17/h2-6,11-13,15H,7-10,14H2,1H3. The summed E-state index contributed by atoms with van der Waals surface area (Å²) in [5.74, 6) is 1.48. The first-order valence-electron chi connectivity index (χ1n) is 10.4. The molecule has 0 aliphatic carbocycles. The summed E-state index contributed by atoms with van der Waals surface area (Å²) < 4.78 is 6.55. The third-order valence-electron chi connectivity index (χ3n) is 5.29. The van der Waals surface area contributed by atoms with E-state index in [1.165, 1.54) is 6.33 Å². The number of nitrogens with zero attached hydrogens (tertiary/aromatic N) is 6. The minimum absolute atomic E-state index is 0.00957. The van der Waals surface area contributed by atoms with Crippen LogP contribution in [-0.2, 0) is 11.3 Å². The van der Waals surface area contributed by atoms with Crippen LogP contribution in [0.25, 0.3) is 21.6 Å². The number of amides is 1. The molecule has 1 saturated heterocycles. The van der Waals surface area contributed by atoms with Gasteiger partial charge < -0.3 is 14.5 Å². The highest BCUT2D eigenvalue weighted by Gasteiger charge is 2.21. The van der Waals surface area contributed by atoms with Crippen LogP contribution in [0.15, 0.2) is 55.1 Å². The van der Waals surface area contributed by atoms with Gasteiger partial charge in [0.2, 0.25) is 0 Å². The van der Waals surface area contributed by atoms with Crippen LogP contribution in [0.1, 0.15) is 15.2 Å². The van der Waals surface area contributed by atoms with Crippen molar-refractivity contribution in [2.24, 2.45) is 0 Å². The first-order chi connectivity index (χ1) is 15.7. The summed E-state index contributed by atoms with van der Waals surface area (Å²) in [5, 5.41) is 0. The molecule has 0 atom stereocenters. The molecule has 4 heterocycles. The molecule has 4 aromatic rings. The van der Waals surface area contributed by atoms with E-state index >= 15 is 0 Å². The summed E-state index contributed by atoms with van der Waals surface area (Å²) in [6, 6.07) is 11.4. The number of anilines is 1. The van der Waals surface area contributed by atoms with Crippen molar-refractivity contribution in [2.45, 2.75) is 6.54 Å². The summed E-state index contributed by atoms with van der Waals surface area (Å²) in [6.45, 7) is 3.39. The molecule has 0 N–H and O–H groups in total. The Bertz CT molecular complexity index is 1230. The quantitative estimate of drug-likeness (QED) is 0.465. The van der Waals surface area contributed by atoms with Crippen molar-refractivity contribution in [1.82, 2.24) is 24.8 Å². The zero-order valence-electron chi connectivity index (χ0n) is 17.6. The number of thiophene rings is 1. The molecule has 1 fully saturated rings. The van der Waals surface area contributed by atoms with Gasteiger partial charge in [-0.2, -0.15) is 0 Å². The Balaban J connectivity index is 1.50. The van der Waals surface area contributed by atoms with Crippen LogP contribution in [0.5, 0.6) is 0 Å². The van der Waals surface area contributed by atoms with Gasteiger partial charge in [0.15, 0.2) is 11.6 Å². The monoisotopic (exact) mass is 446 g/mol. The molecule has 1 aromatic carbocycles. The second-order valence-electron chi connectivity index (χ2n) is 7.55. The molecule has 0 bridgehead atoms. The third kappa shape index (κ3) is 4.17. The van der Waals surface area contributed by atoms with Crippen LogP contribution < -0.4 is 4.90 Å². The molecular weight excluding hydrogens is 424 g/mol. The average Bonchev–Trinajstić information content (AvgIpc) is 3.26. The lowest BCUT2D eigenvalue weighted by Crippen LogP contribution is -2.36. The van der Waals surface area contributed by atoms with Crippen LogP contribution in [-0.4, -0.2) is 64.1 Å². The number of carbonyl (C=O) groups is 1. The van der Waals surface area contributed by atoms with Gasteiger partial charge in [-0.15, -0.1) is 11.3 Å². The average molecular weight is 447 g/mol. The van der Waals surface area contributed by atoms with Crippen molar-refractivity contribution < 1.29 is 9.53 Å². The maximum Gasteiger partial charge on any atom is 0.253 e. The minimum Gasteiger partial charge on any atom is -0.378 e. The number of hydrogen-bond acceptors (Lipinski definition) is 8. The molecule has 9 heteroatoms. The number of carbonyl (C=O) groups excluding carboxylic acids is 1. The van der Waals surface area contributed by atoms with Gasteiger partial charge in [-0.1, -0.05) is 18.2 Å². The van der Waals surface area contributed by atoms with Gasteiger partial charge in [0.1, 0.15) is 6.33 Å². The Morgan fingerprint density at radius 2 is 1.88 bits per heavy atom. The molecule has 162 valence electrons. The van der Waals surface area contributed by atoms with Crippen molar-refractivity contribution in [2.75, 3.05) is 38.3 Å². The molecular formula is C23H22N6O2S. The Morgan fingerprint density at radius 3 is 2.62 bits per heavy atom. The van der Waals surface area contributed by atoms with E-state index in [-0.39, 0.29) is 5.91 Å². The highest BCUT2D eigenvalue weighted by molar-refractivity contribution is 7.19. The van der Waals surface area contributed by atoms with Crippen molar-refractivity contribution >= 4 is 33.3 Å². The topological polar surface area (TPSA) is 84.3 Å². The van der Waals surface area contributed by atoms with Crippen LogP contribution in [0.2, 0.25) is 0 Å². The van der Waals surface area contributed by atoms with E-state index in [0.717, 1.165) is 39.6 Å². The molecule has 5 rings (SSSR count). The van der Waals surface area contributed by atoms with Crippen LogP contribution in [0.3, 0.4) is 0 Å². The van der Waals surface area contributed by atoms with Gasteiger partial charge >= 0.3 is 0 Å². The lowest BCUT2D eigenvalue weighted by atomic mass is 10.2. The number of aromatic nitrogens is 4. The summed E-state index contributed by atoms with van der Waals surface area (Å²) >= 11 is 1.63. The first-order valence-corrected chi connectivity index (χ1v) is 11.2. The smallest absolute Gasteiger partial charge is 0.253 e. The predicted octanol–water partition coefficient (Wildman–Crippen LogP) is 3.26. The lowest BCUT2D eigenvalue weighted by Gasteiger charge is -2.28. The van der Waals surface area contributed by atoms with Crippen LogP contribution in [0, 0.1) is 0 Å². The minimum atomic E-state index is -0.00957. The van der Waals surface area contributed by atoms with Crippen molar-refractivity contribution in [3.05, 3.63) is 65.6 Å². The maximum absolute atomic E-state index is 12.8. The molecule has 0 spiro atoms. The molecule has 0 radical (unpaired) electrons. The second-order valence-corrected chi connectivity index (χ2v) is 8.69. The van der Waals surface area contributed by atoms with Crippen molar-refractivity contribution in [3.63, 3.8) is 0 Å². The van der Waals surface area contributed by atoms with Gasteiger partial charge in [-0.25, -0.2) is 19.9 Å². The zero-order chi connectivity index (χ0) is 21.9. The fourth-order valence-electron chi connectivity index (χ4n) is 3.68. The number of hydrogen-bond donors (Lipinski definition) is 0. The Labute approximate surface area is 189 Å². The van der Waals surface area contributed by atoms with E-state index < -0.39 is 0 Å². The fourth-order valence-corrected chi connectivity index (χ4v) is 4.85. The lowest BCUT2D eigenvalue weighted by molar-refractivity contribution is 0.0786. The maximum atomic E-state index is 12.8. The molecule has 1 aliphatic heterocycles. The number of fused-ring (bicyclic) bond motifs is 1. The highest BCUT2D eigenvalue weighted by atomic mass is 32.1. The number of ether oxygens (including phenoxy) is 1. The molecule has 8 nitrogen and oxygen atoms in total. The number of morpholine rings is 1. The van der Waals surface area contributed by atoms with E-state index in [4.69, 9.17) is 14.7 Å². The first kappa shape index (κ1) is 20.5. The van der Waals surface area contributed by atoms with Gasteiger partial charge in [0.25, 0.3) is 5.91 Å². The molecule has 0 saturated carbocycles. The Kier molecular flexibility index (Phi) is 5.74. The van der Waals surface area contributed by atoms with E-state index in [1.807, 2.05) is 43.4 Å². The Hall–Kier alpha value is -3.43. The number of benzene rings is 1. The molecule has 3 aromatic heterocycles. The number of rotatable bonds is 5. The van der Waals surface area contributed by atoms with Crippen LogP contribution in [0.4, 0.5) is 5.82 Å². The van der Waals surface area contributed by atoms with E-state index in [2.05, 4.69) is 14.9 Å². The summed E-state index contributed by atoms with van der Waals surface area (Å²) in [7, 11) is 1.82. The normalized spacial score (nSPS) is 14.0. The zero-order valence-corrected chi connectivity index (χ0v) is 18.5. The summed E-state index contributed by atoms with van der Waals surface area (Å²) in [5.41, 5.74) is 2.31. The fraction of sp³-hybridized carbons (Fsp3) is 0.261. The molecule has 1 aliphatic rings. The van der Waals surface area contributed by atoms with Gasteiger partial charge in [0.05, 0.1) is 35.5 Å². The van der Waals surface area contributed by atoms with Crippen molar-refractivity contribution in [1.29, 1.82) is 0 Å². The van der Waals surface area contributed by atoms with Gasteiger partial charge in [-0.3, -0.25) is 4.79 Å². The molecule has 0 unspecified atom stereocenters. The molecule has 1 amide bonds. The highest BCUT2D eigenvalue weighted by Crippen LogP contribution is 2.34. The largest absolute Gasteiger partial charge is 0.378 e.